The van der Waals surface area contributed by atoms with E-state index in [9.17, 15) is 0 Å². The maximum Gasteiger partial charge on any atom is 0.105 e. The van der Waals surface area contributed by atoms with Gasteiger partial charge in [-0.15, -0.1) is 0 Å². The summed E-state index contributed by atoms with van der Waals surface area (Å²) in [7, 11) is 2.37. The smallest absolute Gasteiger partial charge is 0.0697 e. The lowest BCUT2D eigenvalue weighted by molar-refractivity contribution is 0.444. The average Bonchev–Trinajstić information content (AvgIpc) is 2.55. The van der Waals surface area contributed by atoms with Gasteiger partial charge >= 0.3 is 0 Å². The Kier molecular flexibility index (Phi) is 4.46. The van der Waals surface area contributed by atoms with Crippen molar-refractivity contribution in [2.45, 2.75) is 37.4 Å². The lowest BCUT2D eigenvalue weighted by Gasteiger charge is -2.26. The Labute approximate surface area is 129 Å². The summed E-state index contributed by atoms with van der Waals surface area (Å²) in [5, 5.41) is 0. The highest BCUT2D eigenvalue weighted by Gasteiger charge is 2.19. The Bertz CT molecular complexity index is 623. The maximum absolute atomic E-state index is 3.25. The largest absolute Gasteiger partial charge is 0.105 e. The van der Waals surface area contributed by atoms with Crippen molar-refractivity contribution in [3.05, 3.63) is 71.3 Å². The van der Waals surface area contributed by atoms with Crippen molar-refractivity contribution in [3.63, 3.8) is 0 Å². The Morgan fingerprint density at radius 2 is 1.29 bits per heavy atom. The summed E-state index contributed by atoms with van der Waals surface area (Å²) >= 11 is 0. The summed E-state index contributed by atoms with van der Waals surface area (Å²) < 4.78 is 0. The Balaban J connectivity index is 1.69. The van der Waals surface area contributed by atoms with E-state index in [0.29, 0.717) is 0 Å². The Morgan fingerprint density at radius 3 is 1.90 bits per heavy atom. The molecule has 0 unspecified atom stereocenters. The average molecular weight is 272 g/mol. The van der Waals surface area contributed by atoms with Crippen LogP contribution >= 0.6 is 0 Å². The van der Waals surface area contributed by atoms with Crippen molar-refractivity contribution in [1.82, 2.24) is 0 Å². The first-order valence-electron chi connectivity index (χ1n) is 7.98. The minimum atomic E-state index is 0.761. The summed E-state index contributed by atoms with van der Waals surface area (Å²) in [6.07, 6.45) is 5.44. The number of hydrogen-bond donors (Lipinski definition) is 0. The molecule has 0 atom stereocenters. The fourth-order valence-corrected chi connectivity index (χ4v) is 3.10. The lowest BCUT2D eigenvalue weighted by Crippen LogP contribution is -2.09. The van der Waals surface area contributed by atoms with Gasteiger partial charge in [0.15, 0.2) is 0 Å². The molecule has 3 rings (SSSR count). The molecule has 1 saturated carbocycles. The van der Waals surface area contributed by atoms with Gasteiger partial charge in [0.2, 0.25) is 0 Å². The minimum Gasteiger partial charge on any atom is -0.0697 e. The maximum atomic E-state index is 3.25. The fraction of sp³-hybridized carbons (Fsp3) is 0.300. The van der Waals surface area contributed by atoms with Crippen LogP contribution in [-0.2, 0) is 0 Å². The van der Waals surface area contributed by atoms with Gasteiger partial charge in [0.05, 0.1) is 0 Å². The van der Waals surface area contributed by atoms with Crippen LogP contribution < -0.4 is 0 Å². The summed E-state index contributed by atoms with van der Waals surface area (Å²) in [4.78, 5) is 0. The van der Waals surface area contributed by atoms with Gasteiger partial charge in [-0.3, -0.25) is 0 Å². The first-order valence-corrected chi connectivity index (χ1v) is 7.98. The molecule has 21 heavy (non-hydrogen) atoms. The van der Waals surface area contributed by atoms with E-state index in [2.05, 4.69) is 44.0 Å². The first-order chi connectivity index (χ1) is 10.3. The minimum absolute atomic E-state index is 0.761. The van der Waals surface area contributed by atoms with E-state index in [1.807, 2.05) is 30.3 Å². The van der Waals surface area contributed by atoms with Crippen LogP contribution in [0.1, 0.15) is 48.3 Å². The van der Waals surface area contributed by atoms with Crippen LogP contribution in [0.15, 0.2) is 54.6 Å². The van der Waals surface area contributed by atoms with Crippen LogP contribution in [0.25, 0.3) is 0 Å². The summed E-state index contributed by atoms with van der Waals surface area (Å²) in [5.74, 6) is 8.14. The molecule has 2 aromatic rings. The van der Waals surface area contributed by atoms with E-state index >= 15 is 0 Å². The Morgan fingerprint density at radius 1 is 0.714 bits per heavy atom. The molecule has 0 N–H and O–H groups in total. The predicted molar refractivity (Wildman–Crippen MR) is 92.4 cm³/mol. The van der Waals surface area contributed by atoms with Crippen molar-refractivity contribution < 1.29 is 0 Å². The predicted octanol–water partition coefficient (Wildman–Crippen LogP) is 4.17. The van der Waals surface area contributed by atoms with E-state index in [0.717, 1.165) is 22.9 Å². The van der Waals surface area contributed by atoms with Crippen molar-refractivity contribution >= 4 is 7.85 Å². The van der Waals surface area contributed by atoms with Gasteiger partial charge in [-0.25, -0.2) is 0 Å². The van der Waals surface area contributed by atoms with Crippen LogP contribution in [0.2, 0.25) is 5.82 Å². The number of hydrogen-bond acceptors (Lipinski definition) is 0. The first kappa shape index (κ1) is 14.0. The van der Waals surface area contributed by atoms with Gasteiger partial charge in [-0.2, -0.15) is 0 Å². The molecule has 1 heteroatoms. The van der Waals surface area contributed by atoms with Gasteiger partial charge in [0, 0.05) is 11.1 Å². The zero-order chi connectivity index (χ0) is 14.5. The molecule has 0 aliphatic heterocycles. The molecule has 0 radical (unpaired) electrons. The SMILES string of the molecule is BC1CCC(c2ccc(C#Cc3ccccc3)cc2)CC1. The molecule has 1 aliphatic rings. The third kappa shape index (κ3) is 3.79. The van der Waals surface area contributed by atoms with Gasteiger partial charge in [0.25, 0.3) is 0 Å². The van der Waals surface area contributed by atoms with Crippen LogP contribution in [0.4, 0.5) is 0 Å². The highest BCUT2D eigenvalue weighted by atomic mass is 14.2. The molecule has 0 heterocycles. The van der Waals surface area contributed by atoms with Gasteiger partial charge < -0.3 is 0 Å². The third-order valence-electron chi connectivity index (χ3n) is 4.52. The lowest BCUT2D eigenvalue weighted by atomic mass is 9.70. The molecule has 0 nitrogen and oxygen atoms in total. The quantitative estimate of drug-likeness (QED) is 0.540. The van der Waals surface area contributed by atoms with E-state index in [1.165, 1.54) is 31.2 Å². The summed E-state index contributed by atoms with van der Waals surface area (Å²) in [6, 6.07) is 19.0. The van der Waals surface area contributed by atoms with Gasteiger partial charge in [-0.1, -0.05) is 60.8 Å². The molecule has 1 fully saturated rings. The van der Waals surface area contributed by atoms with Crippen LogP contribution in [0.3, 0.4) is 0 Å². The van der Waals surface area contributed by atoms with Crippen molar-refractivity contribution in [2.75, 3.05) is 0 Å². The molecule has 104 valence electrons. The monoisotopic (exact) mass is 272 g/mol. The zero-order valence-corrected chi connectivity index (χ0v) is 12.7. The van der Waals surface area contributed by atoms with Crippen molar-refractivity contribution in [2.24, 2.45) is 0 Å². The van der Waals surface area contributed by atoms with E-state index in [4.69, 9.17) is 0 Å². The van der Waals surface area contributed by atoms with Crippen LogP contribution in [-0.4, -0.2) is 7.85 Å². The Hall–Kier alpha value is -1.94. The van der Waals surface area contributed by atoms with Crippen LogP contribution in [0.5, 0.6) is 0 Å². The zero-order valence-electron chi connectivity index (χ0n) is 12.7. The highest BCUT2D eigenvalue weighted by Crippen LogP contribution is 2.36. The fourth-order valence-electron chi connectivity index (χ4n) is 3.10. The number of rotatable bonds is 1. The molecule has 0 amide bonds. The van der Waals surface area contributed by atoms with E-state index in [1.54, 1.807) is 0 Å². The molecule has 1 aliphatic carbocycles. The van der Waals surface area contributed by atoms with E-state index in [-0.39, 0.29) is 0 Å². The van der Waals surface area contributed by atoms with Crippen LogP contribution in [0, 0.1) is 11.8 Å². The molecular formula is C20H21B. The van der Waals surface area contributed by atoms with E-state index < -0.39 is 0 Å². The topological polar surface area (TPSA) is 0 Å². The van der Waals surface area contributed by atoms with Crippen molar-refractivity contribution in [3.8, 4) is 11.8 Å². The second kappa shape index (κ2) is 6.68. The second-order valence-electron chi connectivity index (χ2n) is 6.19. The molecule has 0 aromatic heterocycles. The molecule has 2 aromatic carbocycles. The highest BCUT2D eigenvalue weighted by molar-refractivity contribution is 6.11. The summed E-state index contributed by atoms with van der Waals surface area (Å²) in [6.45, 7) is 0. The standard InChI is InChI=1S/C20H21B/c21-20-14-12-19(13-15-20)18-10-8-17(9-11-18)7-6-16-4-2-1-3-5-16/h1-5,8-11,19-20H,12-15,21H2. The molecule has 0 bridgehead atoms. The summed E-state index contributed by atoms with van der Waals surface area (Å²) in [5.41, 5.74) is 3.67. The van der Waals surface area contributed by atoms with Crippen molar-refractivity contribution in [1.29, 1.82) is 0 Å². The molecule has 0 saturated heterocycles. The van der Waals surface area contributed by atoms with Gasteiger partial charge in [-0.05, 0) is 48.6 Å². The molecule has 0 spiro atoms. The number of benzene rings is 2. The van der Waals surface area contributed by atoms with Gasteiger partial charge in [0.1, 0.15) is 7.85 Å². The molecular weight excluding hydrogens is 251 g/mol. The normalized spacial score (nSPS) is 21.3. The second-order valence-corrected chi connectivity index (χ2v) is 6.19. The third-order valence-corrected chi connectivity index (χ3v) is 4.52.